The minimum Gasteiger partial charge on any atom is -0.444 e. The number of aromatic nitrogens is 1. The van der Waals surface area contributed by atoms with Crippen LogP contribution in [0.3, 0.4) is 0 Å². The summed E-state index contributed by atoms with van der Waals surface area (Å²) in [7, 11) is 0. The number of oxazole rings is 1. The smallest absolute Gasteiger partial charge is 0.226 e. The molecule has 1 fully saturated rings. The third kappa shape index (κ3) is 3.49. The molecule has 1 N–H and O–H groups in total. The fourth-order valence-corrected chi connectivity index (χ4v) is 2.79. The number of piperidine rings is 1. The minimum atomic E-state index is -0.623. The molecule has 0 saturated carbocycles. The molecule has 0 amide bonds. The Morgan fingerprint density at radius 1 is 1.38 bits per heavy atom. The second-order valence-corrected chi connectivity index (χ2v) is 5.96. The number of rotatable bonds is 3. The second-order valence-electron chi connectivity index (χ2n) is 5.96. The molecule has 1 aromatic carbocycles. The van der Waals surface area contributed by atoms with Crippen LogP contribution in [0.25, 0.3) is 11.5 Å². The van der Waals surface area contributed by atoms with Gasteiger partial charge in [-0.15, -0.1) is 0 Å². The molecule has 1 aromatic heterocycles. The number of hydrogen-bond donors (Lipinski definition) is 1. The summed E-state index contributed by atoms with van der Waals surface area (Å²) in [6, 6.07) is 6.08. The average Bonchev–Trinajstić information content (AvgIpc) is 2.87. The number of benzene rings is 1. The van der Waals surface area contributed by atoms with E-state index >= 15 is 0 Å². The highest BCUT2D eigenvalue weighted by Gasteiger charge is 2.28. The number of β-amino-alcohol motifs (C(OH)–C–C–N with tert-alkyl or cyclic N) is 1. The molecule has 21 heavy (non-hydrogen) atoms. The molecule has 2 heterocycles. The van der Waals surface area contributed by atoms with Gasteiger partial charge in [0.15, 0.2) is 0 Å². The lowest BCUT2D eigenvalue weighted by Crippen LogP contribution is -2.45. The van der Waals surface area contributed by atoms with E-state index in [-0.39, 0.29) is 5.82 Å². The lowest BCUT2D eigenvalue weighted by atomic mass is 9.95. The molecule has 1 aliphatic rings. The van der Waals surface area contributed by atoms with E-state index in [1.54, 1.807) is 18.4 Å². The Kier molecular flexibility index (Phi) is 3.78. The number of halogens is 1. The lowest BCUT2D eigenvalue weighted by Gasteiger charge is -2.36. The minimum absolute atomic E-state index is 0.277. The maximum atomic E-state index is 12.9. The van der Waals surface area contributed by atoms with Crippen molar-refractivity contribution < 1.29 is 13.9 Å². The van der Waals surface area contributed by atoms with Gasteiger partial charge in [-0.3, -0.25) is 4.90 Å². The first-order valence-electron chi connectivity index (χ1n) is 7.17. The monoisotopic (exact) mass is 290 g/mol. The van der Waals surface area contributed by atoms with Crippen molar-refractivity contribution in [1.29, 1.82) is 0 Å². The summed E-state index contributed by atoms with van der Waals surface area (Å²) in [4.78, 5) is 6.62. The van der Waals surface area contributed by atoms with Crippen LogP contribution in [-0.4, -0.2) is 33.7 Å². The van der Waals surface area contributed by atoms with E-state index in [0.717, 1.165) is 30.6 Å². The van der Waals surface area contributed by atoms with Crippen LogP contribution >= 0.6 is 0 Å². The van der Waals surface area contributed by atoms with Crippen LogP contribution < -0.4 is 0 Å². The number of aliphatic hydroxyl groups is 1. The highest BCUT2D eigenvalue weighted by Crippen LogP contribution is 2.23. The van der Waals surface area contributed by atoms with Crippen LogP contribution in [0.1, 0.15) is 25.5 Å². The fourth-order valence-electron chi connectivity index (χ4n) is 2.79. The topological polar surface area (TPSA) is 49.5 Å². The Balaban J connectivity index is 1.69. The average molecular weight is 290 g/mol. The van der Waals surface area contributed by atoms with Crippen molar-refractivity contribution in [3.63, 3.8) is 0 Å². The molecule has 2 aromatic rings. The lowest BCUT2D eigenvalue weighted by molar-refractivity contribution is -0.0184. The molecule has 1 aliphatic heterocycles. The molecule has 0 spiro atoms. The van der Waals surface area contributed by atoms with Gasteiger partial charge in [0.25, 0.3) is 0 Å². The van der Waals surface area contributed by atoms with Crippen molar-refractivity contribution in [1.82, 2.24) is 9.88 Å². The molecule has 5 heteroatoms. The zero-order valence-electron chi connectivity index (χ0n) is 12.1. The molecule has 0 bridgehead atoms. The Morgan fingerprint density at radius 3 is 2.86 bits per heavy atom. The van der Waals surface area contributed by atoms with Crippen molar-refractivity contribution in [2.24, 2.45) is 0 Å². The van der Waals surface area contributed by atoms with Crippen LogP contribution in [0, 0.1) is 5.82 Å². The molecule has 1 saturated heterocycles. The number of likely N-dealkylation sites (tertiary alicyclic amines) is 1. The Hall–Kier alpha value is -1.72. The van der Waals surface area contributed by atoms with E-state index in [0.29, 0.717) is 19.0 Å². The van der Waals surface area contributed by atoms with Crippen LogP contribution in [0.4, 0.5) is 4.39 Å². The van der Waals surface area contributed by atoms with Crippen LogP contribution in [0.2, 0.25) is 0 Å². The third-order valence-corrected chi connectivity index (χ3v) is 3.78. The van der Waals surface area contributed by atoms with Gasteiger partial charge in [-0.05, 0) is 50.6 Å². The van der Waals surface area contributed by atoms with Gasteiger partial charge in [0, 0.05) is 18.7 Å². The summed E-state index contributed by atoms with van der Waals surface area (Å²) in [6.45, 7) is 4.12. The standard InChI is InChI=1S/C16H19FN2O2/c1-16(20)7-2-8-19(11-16)9-14-10-21-15(18-14)12-3-5-13(17)6-4-12/h3-6,10,20H,2,7-9,11H2,1H3. The zero-order chi connectivity index (χ0) is 14.9. The maximum absolute atomic E-state index is 12.9. The SMILES string of the molecule is CC1(O)CCCN(Cc2coc(-c3ccc(F)cc3)n2)C1. The molecule has 3 rings (SSSR count). The quantitative estimate of drug-likeness (QED) is 0.944. The molecular formula is C16H19FN2O2. The van der Waals surface area contributed by atoms with Crippen LogP contribution in [0.15, 0.2) is 34.9 Å². The van der Waals surface area contributed by atoms with Gasteiger partial charge in [-0.2, -0.15) is 0 Å². The molecule has 4 nitrogen and oxygen atoms in total. The van der Waals surface area contributed by atoms with Gasteiger partial charge in [-0.1, -0.05) is 0 Å². The van der Waals surface area contributed by atoms with Gasteiger partial charge >= 0.3 is 0 Å². The first-order chi connectivity index (χ1) is 10.0. The first-order valence-corrected chi connectivity index (χ1v) is 7.17. The van der Waals surface area contributed by atoms with Crippen molar-refractivity contribution in [3.8, 4) is 11.5 Å². The molecule has 1 atom stereocenters. The Bertz CT molecular complexity index is 607. The number of nitrogens with zero attached hydrogens (tertiary/aromatic N) is 2. The third-order valence-electron chi connectivity index (χ3n) is 3.78. The van der Waals surface area contributed by atoms with E-state index in [2.05, 4.69) is 9.88 Å². The fraction of sp³-hybridized carbons (Fsp3) is 0.438. The summed E-state index contributed by atoms with van der Waals surface area (Å²) in [6.07, 6.45) is 3.45. The van der Waals surface area contributed by atoms with Gasteiger partial charge in [-0.25, -0.2) is 9.37 Å². The van der Waals surface area contributed by atoms with Gasteiger partial charge < -0.3 is 9.52 Å². The molecule has 1 unspecified atom stereocenters. The van der Waals surface area contributed by atoms with Crippen LogP contribution in [-0.2, 0) is 6.54 Å². The largest absolute Gasteiger partial charge is 0.444 e. The van der Waals surface area contributed by atoms with Crippen LogP contribution in [0.5, 0.6) is 0 Å². The highest BCUT2D eigenvalue weighted by atomic mass is 19.1. The van der Waals surface area contributed by atoms with E-state index in [1.165, 1.54) is 12.1 Å². The zero-order valence-corrected chi connectivity index (χ0v) is 12.1. The number of hydrogen-bond acceptors (Lipinski definition) is 4. The van der Waals surface area contributed by atoms with E-state index in [4.69, 9.17) is 4.42 Å². The molecule has 112 valence electrons. The highest BCUT2D eigenvalue weighted by molar-refractivity contribution is 5.52. The predicted octanol–water partition coefficient (Wildman–Crippen LogP) is 2.83. The summed E-state index contributed by atoms with van der Waals surface area (Å²) in [5, 5.41) is 10.1. The van der Waals surface area contributed by atoms with Gasteiger partial charge in [0.05, 0.1) is 11.3 Å². The Labute approximate surface area is 123 Å². The van der Waals surface area contributed by atoms with Crippen molar-refractivity contribution in [2.45, 2.75) is 31.9 Å². The van der Waals surface area contributed by atoms with Crippen molar-refractivity contribution in [3.05, 3.63) is 42.0 Å². The van der Waals surface area contributed by atoms with Gasteiger partial charge in [0.1, 0.15) is 12.1 Å². The normalized spacial score (nSPS) is 23.4. The van der Waals surface area contributed by atoms with Crippen molar-refractivity contribution >= 4 is 0 Å². The summed E-state index contributed by atoms with van der Waals surface area (Å²) < 4.78 is 18.4. The second kappa shape index (κ2) is 5.58. The first kappa shape index (κ1) is 14.2. The molecule has 0 aliphatic carbocycles. The summed E-state index contributed by atoms with van der Waals surface area (Å²) in [5.74, 6) is 0.217. The van der Waals surface area contributed by atoms with E-state index in [1.807, 2.05) is 6.92 Å². The summed E-state index contributed by atoms with van der Waals surface area (Å²) in [5.41, 5.74) is 0.960. The van der Waals surface area contributed by atoms with Gasteiger partial charge in [0.2, 0.25) is 5.89 Å². The Morgan fingerprint density at radius 2 is 2.14 bits per heavy atom. The van der Waals surface area contributed by atoms with E-state index < -0.39 is 5.60 Å². The van der Waals surface area contributed by atoms with E-state index in [9.17, 15) is 9.50 Å². The summed E-state index contributed by atoms with van der Waals surface area (Å²) >= 11 is 0. The molecular weight excluding hydrogens is 271 g/mol. The van der Waals surface area contributed by atoms with Crippen molar-refractivity contribution in [2.75, 3.05) is 13.1 Å². The maximum Gasteiger partial charge on any atom is 0.226 e. The molecule has 0 radical (unpaired) electrons. The predicted molar refractivity (Wildman–Crippen MR) is 77.0 cm³/mol.